The summed E-state index contributed by atoms with van der Waals surface area (Å²) in [7, 11) is 0. The monoisotopic (exact) mass is 306 g/mol. The van der Waals surface area contributed by atoms with Gasteiger partial charge in [0.1, 0.15) is 5.82 Å². The predicted molar refractivity (Wildman–Crippen MR) is 81.2 cm³/mol. The highest BCUT2D eigenvalue weighted by molar-refractivity contribution is 6.30. The average molecular weight is 307 g/mol. The maximum absolute atomic E-state index is 14.1. The molecule has 21 heavy (non-hydrogen) atoms. The van der Waals surface area contributed by atoms with Crippen molar-refractivity contribution in [2.45, 2.75) is 25.2 Å². The van der Waals surface area contributed by atoms with Crippen molar-refractivity contribution in [1.82, 2.24) is 0 Å². The van der Waals surface area contributed by atoms with E-state index in [9.17, 15) is 14.3 Å². The summed E-state index contributed by atoms with van der Waals surface area (Å²) in [6.45, 7) is 1.80. The SMILES string of the molecule is CCC(Cc1cccc(Cl)c1F)(C(=O)O)c1ccccc1. The van der Waals surface area contributed by atoms with Gasteiger partial charge < -0.3 is 5.11 Å². The van der Waals surface area contributed by atoms with Gasteiger partial charge in [-0.3, -0.25) is 4.79 Å². The van der Waals surface area contributed by atoms with Gasteiger partial charge in [0.05, 0.1) is 10.4 Å². The zero-order chi connectivity index (χ0) is 15.5. The second-order valence-electron chi connectivity index (χ2n) is 5.00. The molecule has 1 atom stereocenters. The van der Waals surface area contributed by atoms with Gasteiger partial charge in [-0.1, -0.05) is 61.0 Å². The number of carbonyl (C=O) groups is 1. The Hall–Kier alpha value is -1.87. The smallest absolute Gasteiger partial charge is 0.314 e. The van der Waals surface area contributed by atoms with Crippen LogP contribution in [0.3, 0.4) is 0 Å². The fourth-order valence-corrected chi connectivity index (χ4v) is 2.74. The van der Waals surface area contributed by atoms with E-state index in [1.54, 1.807) is 43.3 Å². The van der Waals surface area contributed by atoms with Crippen molar-refractivity contribution in [3.63, 3.8) is 0 Å². The molecule has 0 aliphatic carbocycles. The third-order valence-electron chi connectivity index (χ3n) is 3.86. The number of carboxylic acids is 1. The predicted octanol–water partition coefficient (Wildman–Crippen LogP) is 4.45. The molecule has 0 fully saturated rings. The summed E-state index contributed by atoms with van der Waals surface area (Å²) in [6, 6.07) is 13.6. The Morgan fingerprint density at radius 1 is 1.19 bits per heavy atom. The largest absolute Gasteiger partial charge is 0.481 e. The number of aliphatic carboxylic acids is 1. The third-order valence-corrected chi connectivity index (χ3v) is 4.16. The first kappa shape index (κ1) is 15.5. The molecule has 0 radical (unpaired) electrons. The molecule has 0 aliphatic rings. The minimum atomic E-state index is -1.16. The van der Waals surface area contributed by atoms with Crippen molar-refractivity contribution in [3.05, 3.63) is 70.5 Å². The van der Waals surface area contributed by atoms with E-state index < -0.39 is 17.2 Å². The van der Waals surface area contributed by atoms with Gasteiger partial charge in [-0.15, -0.1) is 0 Å². The van der Waals surface area contributed by atoms with Crippen LogP contribution in [0.2, 0.25) is 5.02 Å². The molecule has 2 nitrogen and oxygen atoms in total. The molecule has 2 rings (SSSR count). The van der Waals surface area contributed by atoms with Crippen molar-refractivity contribution in [2.75, 3.05) is 0 Å². The highest BCUT2D eigenvalue weighted by atomic mass is 35.5. The lowest BCUT2D eigenvalue weighted by Crippen LogP contribution is -2.37. The highest BCUT2D eigenvalue weighted by Gasteiger charge is 2.39. The Kier molecular flexibility index (Phi) is 4.63. The van der Waals surface area contributed by atoms with Gasteiger partial charge in [0.25, 0.3) is 0 Å². The molecule has 0 bridgehead atoms. The van der Waals surface area contributed by atoms with Gasteiger partial charge in [-0.25, -0.2) is 4.39 Å². The summed E-state index contributed by atoms with van der Waals surface area (Å²) in [6.07, 6.45) is 0.424. The van der Waals surface area contributed by atoms with Crippen LogP contribution in [0.4, 0.5) is 4.39 Å². The van der Waals surface area contributed by atoms with Gasteiger partial charge >= 0.3 is 5.97 Å². The van der Waals surface area contributed by atoms with E-state index in [-0.39, 0.29) is 11.4 Å². The summed E-state index contributed by atoms with van der Waals surface area (Å²) in [5.74, 6) is -1.51. The minimum absolute atomic E-state index is 0.0101. The number of hydrogen-bond donors (Lipinski definition) is 1. The number of benzene rings is 2. The fraction of sp³-hybridized carbons (Fsp3) is 0.235. The van der Waals surface area contributed by atoms with Gasteiger partial charge in [0.2, 0.25) is 0 Å². The van der Waals surface area contributed by atoms with Crippen LogP contribution in [0.5, 0.6) is 0 Å². The van der Waals surface area contributed by atoms with E-state index in [4.69, 9.17) is 11.6 Å². The Labute approximate surface area is 128 Å². The Bertz CT molecular complexity index is 642. The summed E-state index contributed by atoms with van der Waals surface area (Å²) >= 11 is 5.79. The molecule has 110 valence electrons. The molecule has 0 amide bonds. The first-order valence-corrected chi connectivity index (χ1v) is 7.11. The summed E-state index contributed by atoms with van der Waals surface area (Å²) in [4.78, 5) is 11.9. The second kappa shape index (κ2) is 6.27. The molecule has 1 unspecified atom stereocenters. The summed E-state index contributed by atoms with van der Waals surface area (Å²) in [5, 5.41) is 9.75. The minimum Gasteiger partial charge on any atom is -0.481 e. The van der Waals surface area contributed by atoms with Crippen LogP contribution >= 0.6 is 11.6 Å². The molecule has 2 aromatic rings. The van der Waals surface area contributed by atoms with Crippen LogP contribution < -0.4 is 0 Å². The Morgan fingerprint density at radius 3 is 2.43 bits per heavy atom. The molecule has 0 heterocycles. The number of halogens is 2. The van der Waals surface area contributed by atoms with E-state index in [0.717, 1.165) is 0 Å². The zero-order valence-electron chi connectivity index (χ0n) is 11.6. The molecule has 0 saturated heterocycles. The Balaban J connectivity index is 2.52. The standard InChI is InChI=1S/C17H16ClFO2/c1-2-17(16(20)21,13-8-4-3-5-9-13)11-12-7-6-10-14(18)15(12)19/h3-10H,2,11H2,1H3,(H,20,21). The second-order valence-corrected chi connectivity index (χ2v) is 5.40. The van der Waals surface area contributed by atoms with Gasteiger partial charge in [-0.2, -0.15) is 0 Å². The molecule has 0 spiro atoms. The molecule has 2 aromatic carbocycles. The van der Waals surface area contributed by atoms with Crippen molar-refractivity contribution in [1.29, 1.82) is 0 Å². The average Bonchev–Trinajstić information content (AvgIpc) is 2.49. The summed E-state index contributed by atoms with van der Waals surface area (Å²) < 4.78 is 14.1. The molecule has 0 saturated carbocycles. The number of carboxylic acid groups (broad SMARTS) is 1. The molecular weight excluding hydrogens is 291 g/mol. The van der Waals surface area contributed by atoms with Crippen LogP contribution in [-0.4, -0.2) is 11.1 Å². The number of hydrogen-bond acceptors (Lipinski definition) is 1. The lowest BCUT2D eigenvalue weighted by Gasteiger charge is -2.29. The fourth-order valence-electron chi connectivity index (χ4n) is 2.55. The number of rotatable bonds is 5. The van der Waals surface area contributed by atoms with Crippen LogP contribution in [0.15, 0.2) is 48.5 Å². The van der Waals surface area contributed by atoms with E-state index in [0.29, 0.717) is 17.5 Å². The highest BCUT2D eigenvalue weighted by Crippen LogP contribution is 2.34. The summed E-state index contributed by atoms with van der Waals surface area (Å²) in [5.41, 5.74) is -0.178. The molecule has 1 N–H and O–H groups in total. The molecule has 0 aliphatic heterocycles. The third kappa shape index (κ3) is 2.93. The normalized spacial score (nSPS) is 13.7. The Morgan fingerprint density at radius 2 is 1.86 bits per heavy atom. The van der Waals surface area contributed by atoms with E-state index >= 15 is 0 Å². The molecular formula is C17H16ClFO2. The lowest BCUT2D eigenvalue weighted by molar-refractivity contribution is -0.144. The van der Waals surface area contributed by atoms with Crippen LogP contribution in [-0.2, 0) is 16.6 Å². The molecule has 0 aromatic heterocycles. The van der Waals surface area contributed by atoms with Crippen molar-refractivity contribution in [2.24, 2.45) is 0 Å². The van der Waals surface area contributed by atoms with Crippen LogP contribution in [0.1, 0.15) is 24.5 Å². The first-order valence-electron chi connectivity index (χ1n) is 6.73. The van der Waals surface area contributed by atoms with Gasteiger partial charge in [0.15, 0.2) is 0 Å². The lowest BCUT2D eigenvalue weighted by atomic mass is 9.73. The van der Waals surface area contributed by atoms with Crippen molar-refractivity contribution < 1.29 is 14.3 Å². The van der Waals surface area contributed by atoms with E-state index in [1.807, 2.05) is 6.07 Å². The van der Waals surface area contributed by atoms with Gasteiger partial charge in [0, 0.05) is 0 Å². The first-order chi connectivity index (χ1) is 10.0. The maximum Gasteiger partial charge on any atom is 0.314 e. The van der Waals surface area contributed by atoms with Crippen LogP contribution in [0.25, 0.3) is 0 Å². The van der Waals surface area contributed by atoms with E-state index in [1.165, 1.54) is 6.07 Å². The maximum atomic E-state index is 14.1. The van der Waals surface area contributed by atoms with E-state index in [2.05, 4.69) is 0 Å². The van der Waals surface area contributed by atoms with Crippen molar-refractivity contribution >= 4 is 17.6 Å². The van der Waals surface area contributed by atoms with Crippen LogP contribution in [0, 0.1) is 5.82 Å². The quantitative estimate of drug-likeness (QED) is 0.886. The van der Waals surface area contributed by atoms with Gasteiger partial charge in [-0.05, 0) is 30.0 Å². The zero-order valence-corrected chi connectivity index (χ0v) is 12.4. The molecule has 4 heteroatoms. The topological polar surface area (TPSA) is 37.3 Å². The van der Waals surface area contributed by atoms with Crippen molar-refractivity contribution in [3.8, 4) is 0 Å².